The van der Waals surface area contributed by atoms with Crippen molar-refractivity contribution in [1.82, 2.24) is 10.0 Å². The number of rotatable bonds is 9. The van der Waals surface area contributed by atoms with Gasteiger partial charge in [0, 0.05) is 6.42 Å². The molecule has 2 rings (SSSR count). The van der Waals surface area contributed by atoms with Gasteiger partial charge < -0.3 is 10.1 Å². The van der Waals surface area contributed by atoms with Crippen LogP contribution >= 0.6 is 0 Å². The van der Waals surface area contributed by atoms with Gasteiger partial charge in [-0.15, -0.1) is 0 Å². The van der Waals surface area contributed by atoms with Gasteiger partial charge in [-0.1, -0.05) is 24.3 Å². The number of hydrogen-bond donors (Lipinski definition) is 2. The monoisotopic (exact) mass is 394 g/mol. The van der Waals surface area contributed by atoms with Crippen LogP contribution in [-0.4, -0.2) is 34.0 Å². The molecule has 0 aliphatic rings. The van der Waals surface area contributed by atoms with Gasteiger partial charge in [-0.3, -0.25) is 4.79 Å². The third-order valence-electron chi connectivity index (χ3n) is 3.88. The van der Waals surface area contributed by atoms with Gasteiger partial charge >= 0.3 is 0 Å². The summed E-state index contributed by atoms with van der Waals surface area (Å²) in [5, 5.41) is 2.79. The Labute approximate surface area is 158 Å². The average Bonchev–Trinajstić information content (AvgIpc) is 2.66. The molecule has 1 atom stereocenters. The van der Waals surface area contributed by atoms with Crippen LogP contribution in [0.15, 0.2) is 53.4 Å². The fraction of sp³-hybridized carbons (Fsp3) is 0.316. The molecule has 0 aliphatic carbocycles. The number of carbonyl (C=O) groups excluding carboxylic acids is 1. The van der Waals surface area contributed by atoms with Crippen molar-refractivity contribution in [3.05, 3.63) is 59.9 Å². The van der Waals surface area contributed by atoms with Crippen LogP contribution in [0, 0.1) is 5.82 Å². The Bertz CT molecular complexity index is 870. The number of carbonyl (C=O) groups is 1. The van der Waals surface area contributed by atoms with Crippen LogP contribution in [-0.2, 0) is 21.2 Å². The van der Waals surface area contributed by atoms with Crippen molar-refractivity contribution in [2.45, 2.75) is 30.7 Å². The number of ether oxygens (including phenoxy) is 1. The SMILES string of the molecule is CNS(=O)(=O)c1ccc(CCC(=O)NC(C)COc2ccccc2F)cc1. The number of amides is 1. The van der Waals surface area contributed by atoms with E-state index in [1.807, 2.05) is 0 Å². The first-order valence-electron chi connectivity index (χ1n) is 8.51. The molecule has 0 aromatic heterocycles. The molecule has 0 radical (unpaired) electrons. The number of benzene rings is 2. The number of sulfonamides is 1. The minimum absolute atomic E-state index is 0.148. The maximum Gasteiger partial charge on any atom is 0.240 e. The summed E-state index contributed by atoms with van der Waals surface area (Å²) in [6.07, 6.45) is 0.731. The van der Waals surface area contributed by atoms with E-state index >= 15 is 0 Å². The predicted octanol–water partition coefficient (Wildman–Crippen LogP) is 2.25. The van der Waals surface area contributed by atoms with Gasteiger partial charge in [0.2, 0.25) is 15.9 Å². The molecule has 0 spiro atoms. The quantitative estimate of drug-likeness (QED) is 0.683. The van der Waals surface area contributed by atoms with E-state index in [4.69, 9.17) is 4.74 Å². The topological polar surface area (TPSA) is 84.5 Å². The van der Waals surface area contributed by atoms with Gasteiger partial charge in [-0.05, 0) is 50.2 Å². The second-order valence-corrected chi connectivity index (χ2v) is 7.95. The molecular formula is C19H23FN2O4S. The molecule has 2 aromatic carbocycles. The average molecular weight is 394 g/mol. The molecule has 6 nitrogen and oxygen atoms in total. The minimum Gasteiger partial charge on any atom is -0.488 e. The first-order valence-corrected chi connectivity index (χ1v) is 9.99. The lowest BCUT2D eigenvalue weighted by Crippen LogP contribution is -2.36. The van der Waals surface area contributed by atoms with Crippen molar-refractivity contribution < 1.29 is 22.3 Å². The standard InChI is InChI=1S/C19H23FN2O4S/c1-14(13-26-18-6-4-3-5-17(18)20)22-19(23)12-9-15-7-10-16(11-8-15)27(24,25)21-2/h3-8,10-11,14,21H,9,12-13H2,1-2H3,(H,22,23). The summed E-state index contributed by atoms with van der Waals surface area (Å²) in [7, 11) is -2.11. The molecule has 0 aliphatic heterocycles. The molecule has 2 N–H and O–H groups in total. The van der Waals surface area contributed by atoms with Crippen LogP contribution in [0.25, 0.3) is 0 Å². The highest BCUT2D eigenvalue weighted by molar-refractivity contribution is 7.89. The lowest BCUT2D eigenvalue weighted by atomic mass is 10.1. The second kappa shape index (κ2) is 9.48. The van der Waals surface area contributed by atoms with E-state index in [0.29, 0.717) is 6.42 Å². The van der Waals surface area contributed by atoms with E-state index in [2.05, 4.69) is 10.0 Å². The van der Waals surface area contributed by atoms with E-state index < -0.39 is 15.8 Å². The molecule has 0 bridgehead atoms. The Morgan fingerprint density at radius 2 is 1.81 bits per heavy atom. The van der Waals surface area contributed by atoms with E-state index in [9.17, 15) is 17.6 Å². The summed E-state index contributed by atoms with van der Waals surface area (Å²) in [6.45, 7) is 1.93. The molecule has 8 heteroatoms. The van der Waals surface area contributed by atoms with Crippen LogP contribution in [0.3, 0.4) is 0 Å². The van der Waals surface area contributed by atoms with Gasteiger partial charge in [0.15, 0.2) is 11.6 Å². The van der Waals surface area contributed by atoms with E-state index in [0.717, 1.165) is 5.56 Å². The largest absolute Gasteiger partial charge is 0.488 e. The van der Waals surface area contributed by atoms with Gasteiger partial charge in [-0.2, -0.15) is 0 Å². The summed E-state index contributed by atoms with van der Waals surface area (Å²) in [6, 6.07) is 12.2. The van der Waals surface area contributed by atoms with Crippen molar-refractivity contribution in [3.63, 3.8) is 0 Å². The lowest BCUT2D eigenvalue weighted by molar-refractivity contribution is -0.121. The fourth-order valence-electron chi connectivity index (χ4n) is 2.38. The van der Waals surface area contributed by atoms with Gasteiger partial charge in [0.1, 0.15) is 6.61 Å². The minimum atomic E-state index is -3.46. The Hall–Kier alpha value is -2.45. The van der Waals surface area contributed by atoms with Crippen molar-refractivity contribution in [2.75, 3.05) is 13.7 Å². The van der Waals surface area contributed by atoms with Gasteiger partial charge in [0.25, 0.3) is 0 Å². The van der Waals surface area contributed by atoms with Gasteiger partial charge in [0.05, 0.1) is 10.9 Å². The highest BCUT2D eigenvalue weighted by atomic mass is 32.2. The number of para-hydroxylation sites is 1. The van der Waals surface area contributed by atoms with Crippen LogP contribution < -0.4 is 14.8 Å². The van der Waals surface area contributed by atoms with E-state index in [1.165, 1.54) is 31.3 Å². The first kappa shape index (κ1) is 20.9. The Kier molecular flexibility index (Phi) is 7.32. The summed E-state index contributed by atoms with van der Waals surface area (Å²) in [5.74, 6) is -0.457. The Balaban J connectivity index is 1.78. The smallest absolute Gasteiger partial charge is 0.240 e. The normalized spacial score (nSPS) is 12.4. The molecule has 1 unspecified atom stereocenters. The zero-order valence-electron chi connectivity index (χ0n) is 15.2. The maximum atomic E-state index is 13.5. The molecule has 0 saturated heterocycles. The molecule has 1 amide bonds. The molecule has 0 heterocycles. The van der Waals surface area contributed by atoms with E-state index in [1.54, 1.807) is 31.2 Å². The molecule has 0 saturated carbocycles. The Morgan fingerprint density at radius 3 is 2.44 bits per heavy atom. The fourth-order valence-corrected chi connectivity index (χ4v) is 3.11. The van der Waals surface area contributed by atoms with Crippen LogP contribution in [0.1, 0.15) is 18.9 Å². The van der Waals surface area contributed by atoms with Crippen molar-refractivity contribution in [2.24, 2.45) is 0 Å². The third kappa shape index (κ3) is 6.33. The second-order valence-electron chi connectivity index (χ2n) is 6.06. The lowest BCUT2D eigenvalue weighted by Gasteiger charge is -2.15. The molecule has 27 heavy (non-hydrogen) atoms. The highest BCUT2D eigenvalue weighted by Gasteiger charge is 2.12. The molecule has 2 aromatic rings. The summed E-state index contributed by atoms with van der Waals surface area (Å²) in [4.78, 5) is 12.2. The molecule has 146 valence electrons. The van der Waals surface area contributed by atoms with Crippen LogP contribution in [0.2, 0.25) is 0 Å². The zero-order chi connectivity index (χ0) is 19.9. The van der Waals surface area contributed by atoms with Gasteiger partial charge in [-0.25, -0.2) is 17.5 Å². The third-order valence-corrected chi connectivity index (χ3v) is 5.31. The summed E-state index contributed by atoms with van der Waals surface area (Å²) < 4.78 is 44.4. The Morgan fingerprint density at radius 1 is 1.15 bits per heavy atom. The van der Waals surface area contributed by atoms with Crippen molar-refractivity contribution in [3.8, 4) is 5.75 Å². The van der Waals surface area contributed by atoms with E-state index in [-0.39, 0.29) is 35.6 Å². The van der Waals surface area contributed by atoms with Crippen LogP contribution in [0.5, 0.6) is 5.75 Å². The molecular weight excluding hydrogens is 371 g/mol. The number of hydrogen-bond acceptors (Lipinski definition) is 4. The zero-order valence-corrected chi connectivity index (χ0v) is 16.1. The number of aryl methyl sites for hydroxylation is 1. The summed E-state index contributed by atoms with van der Waals surface area (Å²) >= 11 is 0. The van der Waals surface area contributed by atoms with Crippen LogP contribution in [0.4, 0.5) is 4.39 Å². The molecule has 0 fully saturated rings. The number of halogens is 1. The highest BCUT2D eigenvalue weighted by Crippen LogP contribution is 2.15. The summed E-state index contributed by atoms with van der Waals surface area (Å²) in [5.41, 5.74) is 0.857. The first-order chi connectivity index (χ1) is 12.8. The maximum absolute atomic E-state index is 13.5. The van der Waals surface area contributed by atoms with Crippen molar-refractivity contribution in [1.29, 1.82) is 0 Å². The number of nitrogens with one attached hydrogen (secondary N) is 2. The van der Waals surface area contributed by atoms with Crippen molar-refractivity contribution >= 4 is 15.9 Å². The predicted molar refractivity (Wildman–Crippen MR) is 101 cm³/mol.